The molecule has 0 radical (unpaired) electrons. The van der Waals surface area contributed by atoms with Crippen LogP contribution in [0.4, 0.5) is 13.2 Å². The van der Waals surface area contributed by atoms with Gasteiger partial charge in [0.25, 0.3) is 0 Å². The number of alkyl halides is 3. The summed E-state index contributed by atoms with van der Waals surface area (Å²) in [5, 5.41) is -0.325. The highest BCUT2D eigenvalue weighted by molar-refractivity contribution is 6.33. The summed E-state index contributed by atoms with van der Waals surface area (Å²) in [4.78, 5) is 22.5. The summed E-state index contributed by atoms with van der Waals surface area (Å²) < 4.78 is 45.0. The van der Waals surface area contributed by atoms with Gasteiger partial charge in [0.05, 0.1) is 19.4 Å². The second-order valence-electron chi connectivity index (χ2n) is 5.69. The van der Waals surface area contributed by atoms with Gasteiger partial charge in [-0.2, -0.15) is 13.2 Å². The molecule has 0 saturated heterocycles. The Morgan fingerprint density at radius 2 is 1.96 bits per heavy atom. The topological polar surface area (TPSA) is 69.9 Å². The predicted octanol–water partition coefficient (Wildman–Crippen LogP) is 3.40. The largest absolute Gasteiger partial charge is 0.469 e. The molecule has 130 valence electrons. The van der Waals surface area contributed by atoms with Gasteiger partial charge in [0.2, 0.25) is 5.82 Å². The summed E-state index contributed by atoms with van der Waals surface area (Å²) in [5.41, 5.74) is 0.198. The van der Waals surface area contributed by atoms with Crippen LogP contribution in [-0.4, -0.2) is 32.6 Å². The molecule has 0 aliphatic heterocycles. The van der Waals surface area contributed by atoms with Gasteiger partial charge in [0, 0.05) is 6.04 Å². The lowest BCUT2D eigenvalue weighted by molar-refractivity contribution is -0.147. The number of ether oxygens (including phenoxy) is 1. The maximum atomic E-state index is 12.9. The smallest absolute Gasteiger partial charge is 0.451 e. The van der Waals surface area contributed by atoms with Crippen LogP contribution in [0.1, 0.15) is 37.5 Å². The van der Waals surface area contributed by atoms with Gasteiger partial charge in [0.15, 0.2) is 10.8 Å². The number of carbonyl (C=O) groups is 1. The monoisotopic (exact) mass is 362 g/mol. The average Bonchev–Trinajstić information content (AvgIpc) is 2.98. The minimum absolute atomic E-state index is 0.0591. The van der Waals surface area contributed by atoms with Crippen molar-refractivity contribution in [3.63, 3.8) is 0 Å². The Morgan fingerprint density at radius 1 is 1.29 bits per heavy atom. The molecule has 0 aromatic carbocycles. The number of hydrogen-bond acceptors (Lipinski definition) is 5. The first-order valence-corrected chi connectivity index (χ1v) is 7.74. The van der Waals surface area contributed by atoms with Crippen molar-refractivity contribution in [3.05, 3.63) is 17.3 Å². The van der Waals surface area contributed by atoms with E-state index < -0.39 is 12.0 Å². The van der Waals surface area contributed by atoms with Gasteiger partial charge in [-0.15, -0.1) is 0 Å². The predicted molar refractivity (Wildman–Crippen MR) is 78.3 cm³/mol. The van der Waals surface area contributed by atoms with E-state index in [1.54, 1.807) is 4.57 Å². The number of imidazole rings is 1. The number of methoxy groups -OCH3 is 1. The first-order chi connectivity index (χ1) is 11.3. The van der Waals surface area contributed by atoms with Crippen molar-refractivity contribution in [3.8, 4) is 0 Å². The highest BCUT2D eigenvalue weighted by Gasteiger charge is 2.36. The maximum absolute atomic E-state index is 12.9. The van der Waals surface area contributed by atoms with Crippen molar-refractivity contribution in [1.29, 1.82) is 0 Å². The first-order valence-electron chi connectivity index (χ1n) is 7.36. The van der Waals surface area contributed by atoms with Gasteiger partial charge in [0.1, 0.15) is 5.52 Å². The van der Waals surface area contributed by atoms with Crippen LogP contribution >= 0.6 is 11.6 Å². The van der Waals surface area contributed by atoms with E-state index in [9.17, 15) is 18.0 Å². The summed E-state index contributed by atoms with van der Waals surface area (Å²) >= 11 is 5.82. The van der Waals surface area contributed by atoms with Gasteiger partial charge >= 0.3 is 12.1 Å². The molecule has 2 heterocycles. The molecule has 2 aromatic heterocycles. The van der Waals surface area contributed by atoms with Gasteiger partial charge in [-0.3, -0.25) is 4.79 Å². The quantitative estimate of drug-likeness (QED) is 0.605. The number of halogens is 4. The molecule has 1 saturated carbocycles. The van der Waals surface area contributed by atoms with Crippen LogP contribution in [0.15, 0.2) is 6.33 Å². The number of rotatable bonds is 2. The summed E-state index contributed by atoms with van der Waals surface area (Å²) in [6.07, 6.45) is -0.823. The fourth-order valence-electron chi connectivity index (χ4n) is 3.03. The lowest BCUT2D eigenvalue weighted by Crippen LogP contribution is -2.24. The molecule has 0 atom stereocenters. The van der Waals surface area contributed by atoms with E-state index in [1.807, 2.05) is 0 Å². The van der Waals surface area contributed by atoms with Crippen LogP contribution in [0, 0.1) is 5.92 Å². The molecule has 0 N–H and O–H groups in total. The lowest BCUT2D eigenvalue weighted by Gasteiger charge is -2.27. The highest BCUT2D eigenvalue weighted by atomic mass is 35.5. The van der Waals surface area contributed by atoms with E-state index in [0.717, 1.165) is 0 Å². The third-order valence-corrected chi connectivity index (χ3v) is 4.52. The van der Waals surface area contributed by atoms with E-state index in [2.05, 4.69) is 15.0 Å². The van der Waals surface area contributed by atoms with Gasteiger partial charge in [-0.25, -0.2) is 15.0 Å². The minimum atomic E-state index is -4.69. The molecular formula is C14H14ClF3N4O2. The van der Waals surface area contributed by atoms with Crippen LogP contribution in [-0.2, 0) is 15.7 Å². The van der Waals surface area contributed by atoms with Crippen LogP contribution < -0.4 is 0 Å². The molecule has 6 nitrogen and oxygen atoms in total. The zero-order valence-electron chi connectivity index (χ0n) is 12.7. The second kappa shape index (κ2) is 6.19. The van der Waals surface area contributed by atoms with E-state index in [1.165, 1.54) is 13.4 Å². The second-order valence-corrected chi connectivity index (χ2v) is 6.05. The number of esters is 1. The van der Waals surface area contributed by atoms with Gasteiger partial charge in [-0.05, 0) is 25.7 Å². The van der Waals surface area contributed by atoms with Crippen molar-refractivity contribution < 1.29 is 22.7 Å². The molecule has 24 heavy (non-hydrogen) atoms. The zero-order valence-corrected chi connectivity index (χ0v) is 13.4. The Hall–Kier alpha value is -1.90. The molecule has 1 fully saturated rings. The molecular weight excluding hydrogens is 349 g/mol. The van der Waals surface area contributed by atoms with E-state index in [0.29, 0.717) is 25.7 Å². The summed E-state index contributed by atoms with van der Waals surface area (Å²) in [6, 6.07) is -0.0945. The van der Waals surface area contributed by atoms with E-state index in [4.69, 9.17) is 16.3 Å². The van der Waals surface area contributed by atoms with Crippen molar-refractivity contribution in [2.75, 3.05) is 7.11 Å². The maximum Gasteiger partial charge on any atom is 0.451 e. The molecule has 10 heteroatoms. The van der Waals surface area contributed by atoms with Crippen LogP contribution in [0.5, 0.6) is 0 Å². The zero-order chi connectivity index (χ0) is 17.5. The number of nitrogens with zero attached hydrogens (tertiary/aromatic N) is 4. The fourth-order valence-corrected chi connectivity index (χ4v) is 3.25. The van der Waals surface area contributed by atoms with Crippen molar-refractivity contribution in [1.82, 2.24) is 19.5 Å². The summed E-state index contributed by atoms with van der Waals surface area (Å²) in [6.45, 7) is 0. The Morgan fingerprint density at radius 3 is 2.54 bits per heavy atom. The van der Waals surface area contributed by atoms with Crippen molar-refractivity contribution in [2.24, 2.45) is 5.92 Å². The third-order valence-electron chi connectivity index (χ3n) is 4.26. The van der Waals surface area contributed by atoms with Crippen molar-refractivity contribution >= 4 is 28.7 Å². The standard InChI is InChI=1S/C14H14ClF3N4O2/c1-24-12(23)7-2-4-8(5-3-7)22-6-19-9-10(15)20-13(14(16,17)18)21-11(9)22/h6-8H,2-5H2,1H3/t7-,8+. The van der Waals surface area contributed by atoms with Gasteiger partial charge in [-0.1, -0.05) is 11.6 Å². The average molecular weight is 363 g/mol. The lowest BCUT2D eigenvalue weighted by atomic mass is 9.86. The fraction of sp³-hybridized carbons (Fsp3) is 0.571. The highest BCUT2D eigenvalue weighted by Crippen LogP contribution is 2.36. The van der Waals surface area contributed by atoms with Crippen molar-refractivity contribution in [2.45, 2.75) is 37.9 Å². The van der Waals surface area contributed by atoms with Gasteiger partial charge < -0.3 is 9.30 Å². The Bertz CT molecular complexity index is 769. The number of fused-ring (bicyclic) bond motifs is 1. The SMILES string of the molecule is COC(=O)[C@H]1CC[C@@H](n2cnc3c(Cl)nc(C(F)(F)F)nc32)CC1. The molecule has 1 aliphatic carbocycles. The van der Waals surface area contributed by atoms with Crippen LogP contribution in [0.2, 0.25) is 5.15 Å². The molecule has 0 amide bonds. The molecule has 0 unspecified atom stereocenters. The molecule has 1 aliphatic rings. The molecule has 0 spiro atoms. The Balaban J connectivity index is 1.91. The summed E-state index contributed by atoms with van der Waals surface area (Å²) in [5.74, 6) is -1.72. The Kier molecular flexibility index (Phi) is 4.37. The number of aromatic nitrogens is 4. The van der Waals surface area contributed by atoms with Crippen LogP contribution in [0.25, 0.3) is 11.2 Å². The van der Waals surface area contributed by atoms with Crippen LogP contribution in [0.3, 0.4) is 0 Å². The summed E-state index contributed by atoms with van der Waals surface area (Å²) in [7, 11) is 1.34. The number of hydrogen-bond donors (Lipinski definition) is 0. The van der Waals surface area contributed by atoms with E-state index in [-0.39, 0.29) is 34.2 Å². The Labute approximate surface area is 140 Å². The first kappa shape index (κ1) is 16.9. The molecule has 3 rings (SSSR count). The third kappa shape index (κ3) is 3.04. The number of carbonyl (C=O) groups excluding carboxylic acids is 1. The molecule has 2 aromatic rings. The normalized spacial score (nSPS) is 21.9. The van der Waals surface area contributed by atoms with E-state index >= 15 is 0 Å². The molecule has 0 bridgehead atoms. The minimum Gasteiger partial charge on any atom is -0.469 e.